The van der Waals surface area contributed by atoms with Gasteiger partial charge in [0.25, 0.3) is 0 Å². The molecule has 0 spiro atoms. The van der Waals surface area contributed by atoms with E-state index in [9.17, 15) is 13.2 Å². The Morgan fingerprint density at radius 1 is 1.30 bits per heavy atom. The number of hydrogen-bond acceptors (Lipinski definition) is 3. The van der Waals surface area contributed by atoms with E-state index < -0.39 is 12.8 Å². The van der Waals surface area contributed by atoms with E-state index in [-0.39, 0.29) is 6.61 Å². The Labute approximate surface area is 116 Å². The van der Waals surface area contributed by atoms with Gasteiger partial charge in [-0.3, -0.25) is 0 Å². The molecule has 1 aliphatic rings. The SMILES string of the molecule is Nc1ccc2c(c1)N(CCCOCC(F)(F)F)CCC2. The van der Waals surface area contributed by atoms with Gasteiger partial charge in [-0.25, -0.2) is 0 Å². The fraction of sp³-hybridized carbons (Fsp3) is 0.571. The van der Waals surface area contributed by atoms with Crippen LogP contribution in [0.1, 0.15) is 18.4 Å². The average molecular weight is 288 g/mol. The van der Waals surface area contributed by atoms with Crippen LogP contribution in [0.2, 0.25) is 0 Å². The zero-order chi connectivity index (χ0) is 14.6. The lowest BCUT2D eigenvalue weighted by Crippen LogP contribution is -2.31. The maximum absolute atomic E-state index is 11.9. The molecule has 20 heavy (non-hydrogen) atoms. The standard InChI is InChI=1S/C14H19F3N2O/c15-14(16,17)10-20-8-2-7-19-6-1-3-11-4-5-12(18)9-13(11)19/h4-5,9H,1-3,6-8,10,18H2. The predicted octanol–water partition coefficient (Wildman–Crippen LogP) is 2.99. The highest BCUT2D eigenvalue weighted by Gasteiger charge is 2.27. The predicted molar refractivity (Wildman–Crippen MR) is 72.9 cm³/mol. The Morgan fingerprint density at radius 3 is 2.85 bits per heavy atom. The van der Waals surface area contributed by atoms with Gasteiger partial charge in [-0.2, -0.15) is 13.2 Å². The summed E-state index contributed by atoms with van der Waals surface area (Å²) >= 11 is 0. The molecule has 0 bridgehead atoms. The van der Waals surface area contributed by atoms with E-state index in [2.05, 4.69) is 9.64 Å². The van der Waals surface area contributed by atoms with E-state index >= 15 is 0 Å². The van der Waals surface area contributed by atoms with Gasteiger partial charge >= 0.3 is 6.18 Å². The molecule has 2 N–H and O–H groups in total. The first-order chi connectivity index (χ1) is 9.46. The highest BCUT2D eigenvalue weighted by Crippen LogP contribution is 2.29. The molecule has 1 aromatic carbocycles. The molecular formula is C14H19F3N2O. The van der Waals surface area contributed by atoms with E-state index in [1.165, 1.54) is 5.56 Å². The van der Waals surface area contributed by atoms with Gasteiger partial charge in [0.05, 0.1) is 0 Å². The zero-order valence-corrected chi connectivity index (χ0v) is 11.2. The number of benzene rings is 1. The molecule has 112 valence electrons. The van der Waals surface area contributed by atoms with Crippen molar-refractivity contribution in [2.24, 2.45) is 0 Å². The molecule has 0 fully saturated rings. The van der Waals surface area contributed by atoms with Crippen molar-refractivity contribution in [1.29, 1.82) is 0 Å². The van der Waals surface area contributed by atoms with Crippen LogP contribution in [0.25, 0.3) is 0 Å². The number of nitrogens with zero attached hydrogens (tertiary/aromatic N) is 1. The Hall–Kier alpha value is -1.43. The van der Waals surface area contributed by atoms with Crippen LogP contribution in [0.15, 0.2) is 18.2 Å². The average Bonchev–Trinajstić information content (AvgIpc) is 2.37. The topological polar surface area (TPSA) is 38.5 Å². The van der Waals surface area contributed by atoms with Crippen molar-refractivity contribution in [2.75, 3.05) is 36.9 Å². The molecule has 3 nitrogen and oxygen atoms in total. The van der Waals surface area contributed by atoms with E-state index in [0.29, 0.717) is 18.7 Å². The molecule has 0 saturated heterocycles. The molecule has 0 aromatic heterocycles. The van der Waals surface area contributed by atoms with E-state index in [0.717, 1.165) is 25.1 Å². The summed E-state index contributed by atoms with van der Waals surface area (Å²) in [5, 5.41) is 0. The van der Waals surface area contributed by atoms with E-state index in [1.807, 2.05) is 18.2 Å². The van der Waals surface area contributed by atoms with Gasteiger partial charge in [-0.05, 0) is 37.0 Å². The van der Waals surface area contributed by atoms with Crippen LogP contribution in [0.3, 0.4) is 0 Å². The normalized spacial score (nSPS) is 15.2. The molecule has 0 aliphatic carbocycles. The molecule has 1 aromatic rings. The summed E-state index contributed by atoms with van der Waals surface area (Å²) < 4.78 is 40.4. The fourth-order valence-electron chi connectivity index (χ4n) is 2.45. The van der Waals surface area contributed by atoms with Gasteiger partial charge in [0.2, 0.25) is 0 Å². The summed E-state index contributed by atoms with van der Waals surface area (Å²) in [5.41, 5.74) is 8.86. The van der Waals surface area contributed by atoms with Gasteiger partial charge in [-0.15, -0.1) is 0 Å². The second kappa shape index (κ2) is 6.35. The minimum absolute atomic E-state index is 0.119. The second-order valence-corrected chi connectivity index (χ2v) is 5.00. The van der Waals surface area contributed by atoms with Crippen molar-refractivity contribution in [3.8, 4) is 0 Å². The smallest absolute Gasteiger partial charge is 0.399 e. The third-order valence-electron chi connectivity index (χ3n) is 3.31. The number of anilines is 2. The van der Waals surface area contributed by atoms with Crippen LogP contribution in [0.4, 0.5) is 24.5 Å². The first-order valence-electron chi connectivity index (χ1n) is 6.73. The number of ether oxygens (including phenoxy) is 1. The lowest BCUT2D eigenvalue weighted by atomic mass is 10.0. The third kappa shape index (κ3) is 4.30. The van der Waals surface area contributed by atoms with Crippen LogP contribution >= 0.6 is 0 Å². The number of aryl methyl sites for hydroxylation is 1. The summed E-state index contributed by atoms with van der Waals surface area (Å²) in [5.74, 6) is 0. The Morgan fingerprint density at radius 2 is 2.10 bits per heavy atom. The van der Waals surface area contributed by atoms with Crippen molar-refractivity contribution in [3.05, 3.63) is 23.8 Å². The maximum atomic E-state index is 11.9. The van der Waals surface area contributed by atoms with Gasteiger partial charge in [-0.1, -0.05) is 6.07 Å². The van der Waals surface area contributed by atoms with Gasteiger partial charge < -0.3 is 15.4 Å². The Kier molecular flexibility index (Phi) is 4.75. The van der Waals surface area contributed by atoms with Gasteiger partial charge in [0, 0.05) is 31.1 Å². The molecular weight excluding hydrogens is 269 g/mol. The van der Waals surface area contributed by atoms with Crippen molar-refractivity contribution in [2.45, 2.75) is 25.4 Å². The summed E-state index contributed by atoms with van der Waals surface area (Å²) in [7, 11) is 0. The number of fused-ring (bicyclic) bond motifs is 1. The van der Waals surface area contributed by atoms with E-state index in [4.69, 9.17) is 5.73 Å². The zero-order valence-electron chi connectivity index (χ0n) is 11.2. The first-order valence-corrected chi connectivity index (χ1v) is 6.73. The van der Waals surface area contributed by atoms with Crippen LogP contribution in [0, 0.1) is 0 Å². The number of alkyl halides is 3. The van der Waals surface area contributed by atoms with Gasteiger partial charge in [0.1, 0.15) is 6.61 Å². The maximum Gasteiger partial charge on any atom is 0.411 e. The van der Waals surface area contributed by atoms with Crippen LogP contribution in [-0.2, 0) is 11.2 Å². The molecule has 0 radical (unpaired) electrons. The lowest BCUT2D eigenvalue weighted by Gasteiger charge is -2.31. The van der Waals surface area contributed by atoms with Crippen LogP contribution in [0.5, 0.6) is 0 Å². The van der Waals surface area contributed by atoms with E-state index in [1.54, 1.807) is 0 Å². The monoisotopic (exact) mass is 288 g/mol. The minimum atomic E-state index is -4.24. The number of rotatable bonds is 5. The molecule has 0 atom stereocenters. The molecule has 1 aliphatic heterocycles. The summed E-state index contributed by atoms with van der Waals surface area (Å²) in [6, 6.07) is 5.84. The molecule has 1 heterocycles. The highest BCUT2D eigenvalue weighted by molar-refractivity contribution is 5.62. The molecule has 6 heteroatoms. The minimum Gasteiger partial charge on any atom is -0.399 e. The van der Waals surface area contributed by atoms with Crippen LogP contribution < -0.4 is 10.6 Å². The largest absolute Gasteiger partial charge is 0.411 e. The molecule has 0 unspecified atom stereocenters. The van der Waals surface area contributed by atoms with Crippen molar-refractivity contribution in [1.82, 2.24) is 0 Å². The summed E-state index contributed by atoms with van der Waals surface area (Å²) in [6.07, 6.45) is -1.59. The van der Waals surface area contributed by atoms with Gasteiger partial charge in [0.15, 0.2) is 0 Å². The molecule has 0 amide bonds. The van der Waals surface area contributed by atoms with Crippen molar-refractivity contribution >= 4 is 11.4 Å². The highest BCUT2D eigenvalue weighted by atomic mass is 19.4. The summed E-state index contributed by atoms with van der Waals surface area (Å²) in [6.45, 7) is 0.550. The fourth-order valence-corrected chi connectivity index (χ4v) is 2.45. The quantitative estimate of drug-likeness (QED) is 0.668. The van der Waals surface area contributed by atoms with Crippen molar-refractivity contribution in [3.63, 3.8) is 0 Å². The first kappa shape index (κ1) is 15.0. The van der Waals surface area contributed by atoms with Crippen LogP contribution in [-0.4, -0.2) is 32.5 Å². The third-order valence-corrected chi connectivity index (χ3v) is 3.31. The number of nitrogens with two attached hydrogens (primary N) is 1. The Balaban J connectivity index is 1.82. The summed E-state index contributed by atoms with van der Waals surface area (Å²) in [4.78, 5) is 2.17. The Bertz CT molecular complexity index is 449. The number of hydrogen-bond donors (Lipinski definition) is 1. The molecule has 0 saturated carbocycles. The number of nitrogen functional groups attached to an aromatic ring is 1. The molecule has 2 rings (SSSR count). The number of halogens is 3. The lowest BCUT2D eigenvalue weighted by molar-refractivity contribution is -0.173. The second-order valence-electron chi connectivity index (χ2n) is 5.00. The van der Waals surface area contributed by atoms with Crippen molar-refractivity contribution < 1.29 is 17.9 Å².